The average Bonchev–Trinajstić information content (AvgIpc) is 3.31. The van der Waals surface area contributed by atoms with Gasteiger partial charge in [0.1, 0.15) is 17.6 Å². The molecule has 0 radical (unpaired) electrons. The molecular formula is C25H31N7O2S. The minimum absolute atomic E-state index is 0.124. The Kier molecular flexibility index (Phi) is 6.86. The van der Waals surface area contributed by atoms with Gasteiger partial charge in [-0.1, -0.05) is 11.8 Å². The van der Waals surface area contributed by atoms with Gasteiger partial charge in [0.05, 0.1) is 18.4 Å². The zero-order chi connectivity index (χ0) is 24.4. The number of anilines is 2. The summed E-state index contributed by atoms with van der Waals surface area (Å²) in [5.41, 5.74) is 2.30. The van der Waals surface area contributed by atoms with Gasteiger partial charge in [-0.3, -0.25) is 9.36 Å². The lowest BCUT2D eigenvalue weighted by atomic mass is 10.1. The van der Waals surface area contributed by atoms with Crippen LogP contribution >= 0.6 is 11.8 Å². The van der Waals surface area contributed by atoms with Crippen molar-refractivity contribution in [1.82, 2.24) is 19.3 Å². The highest BCUT2D eigenvalue weighted by atomic mass is 32.2. The van der Waals surface area contributed by atoms with Crippen molar-refractivity contribution in [1.29, 1.82) is 5.26 Å². The molecule has 1 saturated carbocycles. The second kappa shape index (κ2) is 10.2. The van der Waals surface area contributed by atoms with Crippen molar-refractivity contribution in [3.8, 4) is 6.07 Å². The molecule has 1 amide bonds. The molecule has 2 aliphatic rings. The lowest BCUT2D eigenvalue weighted by Crippen LogP contribution is -2.31. The minimum Gasteiger partial charge on any atom is -0.467 e. The van der Waals surface area contributed by atoms with Crippen LogP contribution in [0.25, 0.3) is 0 Å². The van der Waals surface area contributed by atoms with E-state index in [2.05, 4.69) is 31.1 Å². The van der Waals surface area contributed by atoms with Gasteiger partial charge >= 0.3 is 0 Å². The fraction of sp³-hybridized carbons (Fsp3) is 0.520. The molecule has 0 unspecified atom stereocenters. The Bertz CT molecular complexity index is 1230. The minimum atomic E-state index is -0.124. The summed E-state index contributed by atoms with van der Waals surface area (Å²) >= 11 is 1.58. The fourth-order valence-electron chi connectivity index (χ4n) is 4.65. The Balaban J connectivity index is 1.25. The van der Waals surface area contributed by atoms with E-state index >= 15 is 0 Å². The SMILES string of the molecule is Cc1c(C#N)c(NC(=O)CCSc2nnc(N3CCCCC3)n2C2CC2)n(Cc2ccco2)c1C. The first kappa shape index (κ1) is 23.5. The fourth-order valence-corrected chi connectivity index (χ4v) is 5.58. The summed E-state index contributed by atoms with van der Waals surface area (Å²) in [5.74, 6) is 2.75. The van der Waals surface area contributed by atoms with E-state index in [0.717, 1.165) is 54.1 Å². The normalized spacial score (nSPS) is 15.9. The van der Waals surface area contributed by atoms with Crippen LogP contribution in [0.4, 0.5) is 11.8 Å². The van der Waals surface area contributed by atoms with Crippen LogP contribution < -0.4 is 10.2 Å². The summed E-state index contributed by atoms with van der Waals surface area (Å²) in [6.07, 6.45) is 7.94. The summed E-state index contributed by atoms with van der Waals surface area (Å²) in [4.78, 5) is 15.3. The standard InChI is InChI=1S/C25H31N7O2S/c1-17-18(2)31(16-20-7-6-13-34-20)23(21(17)15-26)27-22(33)10-14-35-25-29-28-24(32(25)19-8-9-19)30-11-4-3-5-12-30/h6-7,13,19H,3-5,8-12,14,16H2,1-2H3,(H,27,33). The number of rotatable bonds is 9. The topological polar surface area (TPSA) is 105 Å². The van der Waals surface area contributed by atoms with Crippen LogP contribution in [0.5, 0.6) is 0 Å². The van der Waals surface area contributed by atoms with Crippen molar-refractivity contribution < 1.29 is 9.21 Å². The highest BCUT2D eigenvalue weighted by Crippen LogP contribution is 2.41. The number of hydrogen-bond donors (Lipinski definition) is 1. The van der Waals surface area contributed by atoms with Crippen LogP contribution in [0.3, 0.4) is 0 Å². The number of nitrogens with one attached hydrogen (secondary N) is 1. The number of nitrogens with zero attached hydrogens (tertiary/aromatic N) is 6. The van der Waals surface area contributed by atoms with Gasteiger partial charge in [0.2, 0.25) is 11.9 Å². The maximum absolute atomic E-state index is 12.9. The zero-order valence-electron chi connectivity index (χ0n) is 20.3. The molecule has 0 atom stereocenters. The van der Waals surface area contributed by atoms with Gasteiger partial charge in [0.15, 0.2) is 5.16 Å². The molecule has 3 aromatic rings. The number of thioether (sulfide) groups is 1. The van der Waals surface area contributed by atoms with E-state index in [1.165, 1.54) is 19.3 Å². The molecule has 1 aliphatic heterocycles. The van der Waals surface area contributed by atoms with Crippen LogP contribution in [0, 0.1) is 25.2 Å². The number of amides is 1. The van der Waals surface area contributed by atoms with E-state index in [9.17, 15) is 10.1 Å². The van der Waals surface area contributed by atoms with Crippen molar-refractivity contribution in [2.75, 3.05) is 29.1 Å². The molecule has 1 aliphatic carbocycles. The first-order chi connectivity index (χ1) is 17.1. The summed E-state index contributed by atoms with van der Waals surface area (Å²) < 4.78 is 9.71. The average molecular weight is 494 g/mol. The lowest BCUT2D eigenvalue weighted by molar-refractivity contribution is -0.115. The molecule has 3 aromatic heterocycles. The number of hydrogen-bond acceptors (Lipinski definition) is 7. The van der Waals surface area contributed by atoms with Crippen molar-refractivity contribution in [2.45, 2.75) is 70.1 Å². The quantitative estimate of drug-likeness (QED) is 0.432. The molecular weight excluding hydrogens is 462 g/mol. The molecule has 2 fully saturated rings. The van der Waals surface area contributed by atoms with Crippen molar-refractivity contribution in [3.63, 3.8) is 0 Å². The number of carbonyl (C=O) groups is 1. The van der Waals surface area contributed by atoms with E-state index < -0.39 is 0 Å². The molecule has 4 heterocycles. The molecule has 35 heavy (non-hydrogen) atoms. The largest absolute Gasteiger partial charge is 0.467 e. The lowest BCUT2D eigenvalue weighted by Gasteiger charge is -2.27. The smallest absolute Gasteiger partial charge is 0.228 e. The number of aromatic nitrogens is 4. The Labute approximate surface area is 209 Å². The molecule has 10 heteroatoms. The third-order valence-corrected chi connectivity index (χ3v) is 7.80. The van der Waals surface area contributed by atoms with Crippen LogP contribution in [0.1, 0.15) is 67.1 Å². The van der Waals surface area contributed by atoms with E-state index in [1.54, 1.807) is 18.0 Å². The monoisotopic (exact) mass is 493 g/mol. The van der Waals surface area contributed by atoms with Gasteiger partial charge in [0.25, 0.3) is 0 Å². The summed E-state index contributed by atoms with van der Waals surface area (Å²) in [6.45, 7) is 6.39. The molecule has 0 aromatic carbocycles. The van der Waals surface area contributed by atoms with E-state index in [4.69, 9.17) is 4.42 Å². The molecule has 1 N–H and O–H groups in total. The molecule has 5 rings (SSSR count). The highest BCUT2D eigenvalue weighted by molar-refractivity contribution is 7.99. The van der Waals surface area contributed by atoms with Gasteiger partial charge in [0, 0.05) is 37.0 Å². The van der Waals surface area contributed by atoms with Crippen LogP contribution in [-0.4, -0.2) is 44.1 Å². The van der Waals surface area contributed by atoms with Gasteiger partial charge in [-0.2, -0.15) is 5.26 Å². The zero-order valence-corrected chi connectivity index (χ0v) is 21.1. The third kappa shape index (κ3) is 4.96. The first-order valence-corrected chi connectivity index (χ1v) is 13.3. The van der Waals surface area contributed by atoms with Crippen LogP contribution in [0.2, 0.25) is 0 Å². The molecule has 0 spiro atoms. The highest BCUT2D eigenvalue weighted by Gasteiger charge is 2.32. The van der Waals surface area contributed by atoms with Crippen molar-refractivity contribution in [3.05, 3.63) is 41.0 Å². The van der Waals surface area contributed by atoms with Crippen molar-refractivity contribution in [2.24, 2.45) is 0 Å². The Hall–Kier alpha value is -3.19. The molecule has 0 bridgehead atoms. The summed E-state index contributed by atoms with van der Waals surface area (Å²) in [6, 6.07) is 6.45. The maximum Gasteiger partial charge on any atom is 0.228 e. The van der Waals surface area contributed by atoms with Crippen molar-refractivity contribution >= 4 is 29.4 Å². The van der Waals surface area contributed by atoms with Gasteiger partial charge in [-0.15, -0.1) is 10.2 Å². The number of carbonyl (C=O) groups excluding carboxylic acids is 1. The predicted molar refractivity (Wildman–Crippen MR) is 135 cm³/mol. The van der Waals surface area contributed by atoms with E-state index in [1.807, 2.05) is 30.5 Å². The summed E-state index contributed by atoms with van der Waals surface area (Å²) in [7, 11) is 0. The Morgan fingerprint density at radius 3 is 2.74 bits per heavy atom. The second-order valence-electron chi connectivity index (χ2n) is 9.29. The first-order valence-electron chi connectivity index (χ1n) is 12.3. The number of furan rings is 1. The van der Waals surface area contributed by atoms with E-state index in [0.29, 0.717) is 36.1 Å². The Morgan fingerprint density at radius 2 is 2.06 bits per heavy atom. The number of nitriles is 1. The maximum atomic E-state index is 12.9. The van der Waals surface area contributed by atoms with Gasteiger partial charge in [-0.05, 0) is 63.6 Å². The molecule has 184 valence electrons. The summed E-state index contributed by atoms with van der Waals surface area (Å²) in [5, 5.41) is 22.6. The van der Waals surface area contributed by atoms with E-state index in [-0.39, 0.29) is 5.91 Å². The predicted octanol–water partition coefficient (Wildman–Crippen LogP) is 4.66. The molecule has 1 saturated heterocycles. The second-order valence-corrected chi connectivity index (χ2v) is 10.4. The van der Waals surface area contributed by atoms with Crippen LogP contribution in [0.15, 0.2) is 28.0 Å². The third-order valence-electron chi connectivity index (χ3n) is 6.85. The van der Waals surface area contributed by atoms with Gasteiger partial charge < -0.3 is 19.2 Å². The van der Waals surface area contributed by atoms with Crippen LogP contribution in [-0.2, 0) is 11.3 Å². The van der Waals surface area contributed by atoms with Gasteiger partial charge in [-0.25, -0.2) is 0 Å². The Morgan fingerprint density at radius 1 is 1.26 bits per heavy atom. The molecule has 9 nitrogen and oxygen atoms in total. The number of piperidine rings is 1.